The van der Waals surface area contributed by atoms with Gasteiger partial charge in [-0.2, -0.15) is 0 Å². The van der Waals surface area contributed by atoms with Crippen molar-refractivity contribution in [2.24, 2.45) is 11.7 Å². The molecule has 0 spiro atoms. The monoisotopic (exact) mass is 239 g/mol. The molecule has 17 heavy (non-hydrogen) atoms. The fourth-order valence-corrected chi connectivity index (χ4v) is 2.05. The second-order valence-electron chi connectivity index (χ2n) is 4.75. The van der Waals surface area contributed by atoms with E-state index in [0.29, 0.717) is 12.5 Å². The largest absolute Gasteiger partial charge is 0.376 e. The summed E-state index contributed by atoms with van der Waals surface area (Å²) in [7, 11) is 0. The molecule has 2 atom stereocenters. The van der Waals surface area contributed by atoms with Gasteiger partial charge in [0.05, 0.1) is 12.1 Å². The van der Waals surface area contributed by atoms with Gasteiger partial charge in [-0.1, -0.05) is 19.9 Å². The number of nitrogens with two attached hydrogens (primary N) is 1. The topological polar surface area (TPSA) is 35.2 Å². The number of aryl methyl sites for hydroxylation is 1. The molecule has 96 valence electrons. The highest BCUT2D eigenvalue weighted by Crippen LogP contribution is 2.24. The minimum atomic E-state index is -0.288. The maximum absolute atomic E-state index is 13.3. The lowest BCUT2D eigenvalue weighted by molar-refractivity contribution is 0.0121. The van der Waals surface area contributed by atoms with E-state index in [2.05, 4.69) is 13.8 Å². The highest BCUT2D eigenvalue weighted by molar-refractivity contribution is 5.26. The molecule has 0 aliphatic carbocycles. The lowest BCUT2D eigenvalue weighted by Crippen LogP contribution is -2.33. The summed E-state index contributed by atoms with van der Waals surface area (Å²) < 4.78 is 19.0. The molecule has 0 radical (unpaired) electrons. The Morgan fingerprint density at radius 2 is 1.94 bits per heavy atom. The zero-order valence-electron chi connectivity index (χ0n) is 11.0. The first-order valence-electron chi connectivity index (χ1n) is 6.10. The molecular formula is C14H22FNO. The molecule has 2 unspecified atom stereocenters. The van der Waals surface area contributed by atoms with Gasteiger partial charge in [0.25, 0.3) is 0 Å². The maximum atomic E-state index is 13.3. The summed E-state index contributed by atoms with van der Waals surface area (Å²) in [4.78, 5) is 0. The van der Waals surface area contributed by atoms with Crippen LogP contribution in [0, 0.1) is 18.7 Å². The fourth-order valence-electron chi connectivity index (χ4n) is 2.05. The van der Waals surface area contributed by atoms with Crippen LogP contribution in [0.15, 0.2) is 18.2 Å². The van der Waals surface area contributed by atoms with Crippen molar-refractivity contribution >= 4 is 0 Å². The average molecular weight is 239 g/mol. The van der Waals surface area contributed by atoms with Crippen LogP contribution in [0.1, 0.15) is 37.9 Å². The molecule has 0 aromatic heterocycles. The maximum Gasteiger partial charge on any atom is 0.123 e. The van der Waals surface area contributed by atoms with Gasteiger partial charge in [-0.15, -0.1) is 0 Å². The van der Waals surface area contributed by atoms with Crippen LogP contribution in [0.2, 0.25) is 0 Å². The van der Waals surface area contributed by atoms with E-state index in [1.54, 1.807) is 0 Å². The van der Waals surface area contributed by atoms with Gasteiger partial charge in [0.15, 0.2) is 0 Å². The Kier molecular flexibility index (Phi) is 5.09. The zero-order chi connectivity index (χ0) is 13.0. The third kappa shape index (κ3) is 3.79. The summed E-state index contributed by atoms with van der Waals surface area (Å²) >= 11 is 0. The van der Waals surface area contributed by atoms with Gasteiger partial charge >= 0.3 is 0 Å². The molecule has 3 heteroatoms. The van der Waals surface area contributed by atoms with Crippen molar-refractivity contribution in [1.29, 1.82) is 0 Å². The van der Waals surface area contributed by atoms with Crippen molar-refractivity contribution in [3.8, 4) is 0 Å². The van der Waals surface area contributed by atoms with E-state index in [1.165, 1.54) is 12.1 Å². The van der Waals surface area contributed by atoms with Gasteiger partial charge in [0.2, 0.25) is 0 Å². The van der Waals surface area contributed by atoms with E-state index in [-0.39, 0.29) is 18.0 Å². The van der Waals surface area contributed by atoms with Crippen molar-refractivity contribution in [2.45, 2.75) is 39.8 Å². The molecule has 1 rings (SSSR count). The van der Waals surface area contributed by atoms with Crippen LogP contribution in [0.4, 0.5) is 4.39 Å². The highest BCUT2D eigenvalue weighted by atomic mass is 19.1. The molecule has 2 nitrogen and oxygen atoms in total. The van der Waals surface area contributed by atoms with E-state index in [4.69, 9.17) is 10.5 Å². The van der Waals surface area contributed by atoms with Gasteiger partial charge in [-0.25, -0.2) is 4.39 Å². The van der Waals surface area contributed by atoms with E-state index in [1.807, 2.05) is 19.9 Å². The average Bonchev–Trinajstić information content (AvgIpc) is 2.23. The Bertz CT molecular complexity index is 345. The minimum absolute atomic E-state index is 0.0822. The highest BCUT2D eigenvalue weighted by Gasteiger charge is 2.23. The molecule has 2 N–H and O–H groups in total. The molecule has 0 saturated heterocycles. The van der Waals surface area contributed by atoms with Crippen molar-refractivity contribution < 1.29 is 9.13 Å². The molecule has 0 fully saturated rings. The predicted octanol–water partition coefficient (Wildman–Crippen LogP) is 3.20. The zero-order valence-corrected chi connectivity index (χ0v) is 11.0. The molecule has 0 bridgehead atoms. The van der Waals surface area contributed by atoms with Crippen LogP contribution in [-0.4, -0.2) is 12.7 Å². The first-order chi connectivity index (χ1) is 7.95. The summed E-state index contributed by atoms with van der Waals surface area (Å²) in [5.41, 5.74) is 7.86. The molecule has 0 aliphatic rings. The summed E-state index contributed by atoms with van der Waals surface area (Å²) in [5.74, 6) is 0.0583. The van der Waals surface area contributed by atoms with Crippen LogP contribution in [0.3, 0.4) is 0 Å². The number of hydrogen-bond donors (Lipinski definition) is 1. The van der Waals surface area contributed by atoms with Crippen LogP contribution in [0.5, 0.6) is 0 Å². The predicted molar refractivity (Wildman–Crippen MR) is 68.3 cm³/mol. The van der Waals surface area contributed by atoms with Crippen molar-refractivity contribution in [1.82, 2.24) is 0 Å². The summed E-state index contributed by atoms with van der Waals surface area (Å²) in [6, 6.07) is 4.62. The standard InChI is InChI=1S/C14H22FNO/c1-5-17-14(9(2)3)13(16)11-6-10(4)7-12(15)8-11/h6-9,13-14H,5,16H2,1-4H3. The van der Waals surface area contributed by atoms with Crippen LogP contribution in [0.25, 0.3) is 0 Å². The molecular weight excluding hydrogens is 217 g/mol. The Morgan fingerprint density at radius 3 is 2.41 bits per heavy atom. The van der Waals surface area contributed by atoms with E-state index >= 15 is 0 Å². The summed E-state index contributed by atoms with van der Waals surface area (Å²) in [6.45, 7) is 8.55. The Balaban J connectivity index is 2.96. The van der Waals surface area contributed by atoms with Crippen molar-refractivity contribution in [3.05, 3.63) is 35.1 Å². The summed E-state index contributed by atoms with van der Waals surface area (Å²) in [5, 5.41) is 0. The molecule has 0 amide bonds. The van der Waals surface area contributed by atoms with Gasteiger partial charge < -0.3 is 10.5 Å². The second kappa shape index (κ2) is 6.12. The lowest BCUT2D eigenvalue weighted by atomic mass is 9.93. The third-order valence-electron chi connectivity index (χ3n) is 2.82. The van der Waals surface area contributed by atoms with E-state index in [9.17, 15) is 4.39 Å². The SMILES string of the molecule is CCOC(C(C)C)C(N)c1cc(C)cc(F)c1. The quantitative estimate of drug-likeness (QED) is 0.856. The summed E-state index contributed by atoms with van der Waals surface area (Å²) in [6.07, 6.45) is -0.0822. The fraction of sp³-hybridized carbons (Fsp3) is 0.571. The minimum Gasteiger partial charge on any atom is -0.376 e. The molecule has 1 aromatic rings. The van der Waals surface area contributed by atoms with E-state index < -0.39 is 0 Å². The number of rotatable bonds is 5. The Hall–Kier alpha value is -0.930. The van der Waals surface area contributed by atoms with Gasteiger partial charge in [0, 0.05) is 6.61 Å². The molecule has 0 aliphatic heterocycles. The molecule has 0 saturated carbocycles. The number of benzene rings is 1. The lowest BCUT2D eigenvalue weighted by Gasteiger charge is -2.27. The van der Waals surface area contributed by atoms with Crippen LogP contribution in [-0.2, 0) is 4.74 Å². The molecule has 1 aromatic carbocycles. The van der Waals surface area contributed by atoms with Gasteiger partial charge in [0.1, 0.15) is 5.82 Å². The smallest absolute Gasteiger partial charge is 0.123 e. The van der Waals surface area contributed by atoms with Crippen molar-refractivity contribution in [2.75, 3.05) is 6.61 Å². The van der Waals surface area contributed by atoms with Crippen LogP contribution >= 0.6 is 0 Å². The van der Waals surface area contributed by atoms with Crippen LogP contribution < -0.4 is 5.73 Å². The van der Waals surface area contributed by atoms with Crippen molar-refractivity contribution in [3.63, 3.8) is 0 Å². The number of halogens is 1. The number of hydrogen-bond acceptors (Lipinski definition) is 2. The first kappa shape index (κ1) is 14.1. The van der Waals surface area contributed by atoms with E-state index in [0.717, 1.165) is 11.1 Å². The number of ether oxygens (including phenoxy) is 1. The Labute approximate surface area is 103 Å². The van der Waals surface area contributed by atoms with Gasteiger partial charge in [-0.05, 0) is 43.0 Å². The normalized spacial score (nSPS) is 15.0. The Morgan fingerprint density at radius 1 is 1.29 bits per heavy atom. The first-order valence-corrected chi connectivity index (χ1v) is 6.10. The molecule has 0 heterocycles. The third-order valence-corrected chi connectivity index (χ3v) is 2.82. The second-order valence-corrected chi connectivity index (χ2v) is 4.75. The van der Waals surface area contributed by atoms with Gasteiger partial charge in [-0.3, -0.25) is 0 Å².